The minimum atomic E-state index is 0. The SMILES string of the molecule is Cl.NCCc1ccc(OCCCNc2c3ccccc3nc3ccccc23)cc1. The van der Waals surface area contributed by atoms with Gasteiger partial charge in [0, 0.05) is 17.3 Å². The molecule has 3 aromatic carbocycles. The molecule has 4 nitrogen and oxygen atoms in total. The lowest BCUT2D eigenvalue weighted by molar-refractivity contribution is 0.315. The summed E-state index contributed by atoms with van der Waals surface area (Å²) in [6, 6.07) is 24.7. The van der Waals surface area contributed by atoms with Crippen LogP contribution >= 0.6 is 12.4 Å². The molecule has 0 aliphatic rings. The number of fused-ring (bicyclic) bond motifs is 2. The van der Waals surface area contributed by atoms with Gasteiger partial charge in [0.1, 0.15) is 5.75 Å². The molecule has 0 aliphatic carbocycles. The lowest BCUT2D eigenvalue weighted by Crippen LogP contribution is -2.08. The molecule has 0 amide bonds. The van der Waals surface area contributed by atoms with Crippen molar-refractivity contribution in [1.29, 1.82) is 0 Å². The molecule has 0 saturated carbocycles. The molecule has 4 rings (SSSR count). The molecule has 3 N–H and O–H groups in total. The first kappa shape index (κ1) is 20.9. The van der Waals surface area contributed by atoms with Gasteiger partial charge in [0.05, 0.1) is 23.3 Å². The van der Waals surface area contributed by atoms with Crippen molar-refractivity contribution >= 4 is 39.9 Å². The van der Waals surface area contributed by atoms with Crippen LogP contribution in [0.4, 0.5) is 5.69 Å². The third-order valence-corrected chi connectivity index (χ3v) is 4.84. The summed E-state index contributed by atoms with van der Waals surface area (Å²) in [5.74, 6) is 0.903. The molecule has 5 heteroatoms. The minimum Gasteiger partial charge on any atom is -0.494 e. The highest BCUT2D eigenvalue weighted by Gasteiger charge is 2.08. The maximum Gasteiger partial charge on any atom is 0.119 e. The number of rotatable bonds is 8. The molecule has 0 atom stereocenters. The van der Waals surface area contributed by atoms with E-state index < -0.39 is 0 Å². The number of benzene rings is 3. The second-order valence-electron chi connectivity index (χ2n) is 6.83. The third-order valence-electron chi connectivity index (χ3n) is 4.84. The number of pyridine rings is 1. The van der Waals surface area contributed by atoms with Gasteiger partial charge in [-0.15, -0.1) is 12.4 Å². The van der Waals surface area contributed by atoms with E-state index in [0.717, 1.165) is 52.6 Å². The summed E-state index contributed by atoms with van der Waals surface area (Å²) in [6.45, 7) is 2.18. The normalized spacial score (nSPS) is 10.7. The highest BCUT2D eigenvalue weighted by molar-refractivity contribution is 6.07. The molecule has 4 aromatic rings. The Morgan fingerprint density at radius 1 is 0.828 bits per heavy atom. The van der Waals surface area contributed by atoms with Crippen LogP contribution in [-0.2, 0) is 6.42 Å². The number of hydrogen-bond donors (Lipinski definition) is 2. The summed E-state index contributed by atoms with van der Waals surface area (Å²) < 4.78 is 5.87. The summed E-state index contributed by atoms with van der Waals surface area (Å²) in [5, 5.41) is 5.91. The van der Waals surface area contributed by atoms with E-state index in [1.54, 1.807) is 0 Å². The number of nitrogens with two attached hydrogens (primary N) is 1. The van der Waals surface area contributed by atoms with Gasteiger partial charge < -0.3 is 15.8 Å². The summed E-state index contributed by atoms with van der Waals surface area (Å²) in [7, 11) is 0. The number of anilines is 1. The molecule has 0 bridgehead atoms. The largest absolute Gasteiger partial charge is 0.494 e. The molecular weight excluding hydrogens is 382 g/mol. The van der Waals surface area contributed by atoms with E-state index in [1.165, 1.54) is 5.56 Å². The third kappa shape index (κ3) is 4.97. The van der Waals surface area contributed by atoms with Crippen LogP contribution in [0.3, 0.4) is 0 Å². The van der Waals surface area contributed by atoms with Crippen LogP contribution in [0.15, 0.2) is 72.8 Å². The number of hydrogen-bond acceptors (Lipinski definition) is 4. The monoisotopic (exact) mass is 407 g/mol. The number of aromatic nitrogens is 1. The van der Waals surface area contributed by atoms with Gasteiger partial charge in [-0.3, -0.25) is 0 Å². The fourth-order valence-corrected chi connectivity index (χ4v) is 3.42. The van der Waals surface area contributed by atoms with Gasteiger partial charge in [-0.1, -0.05) is 48.5 Å². The average molecular weight is 408 g/mol. The van der Waals surface area contributed by atoms with Crippen molar-refractivity contribution in [2.45, 2.75) is 12.8 Å². The predicted molar refractivity (Wildman–Crippen MR) is 124 cm³/mol. The average Bonchev–Trinajstić information content (AvgIpc) is 2.74. The summed E-state index contributed by atoms with van der Waals surface area (Å²) in [6.07, 6.45) is 1.81. The number of ether oxygens (including phenoxy) is 1. The van der Waals surface area contributed by atoms with Crippen molar-refractivity contribution in [3.8, 4) is 5.75 Å². The molecule has 0 saturated heterocycles. The van der Waals surface area contributed by atoms with Crippen molar-refractivity contribution in [3.63, 3.8) is 0 Å². The Morgan fingerprint density at radius 3 is 2.07 bits per heavy atom. The zero-order valence-electron chi connectivity index (χ0n) is 16.3. The van der Waals surface area contributed by atoms with Gasteiger partial charge in [-0.2, -0.15) is 0 Å². The first-order valence-corrected chi connectivity index (χ1v) is 9.78. The van der Waals surface area contributed by atoms with E-state index in [9.17, 15) is 0 Å². The van der Waals surface area contributed by atoms with Gasteiger partial charge in [0.2, 0.25) is 0 Å². The van der Waals surface area contributed by atoms with Gasteiger partial charge in [-0.05, 0) is 49.2 Å². The quantitative estimate of drug-likeness (QED) is 0.311. The standard InChI is InChI=1S/C24H25N3O.ClH/c25-15-14-18-10-12-19(13-11-18)28-17-5-16-26-24-20-6-1-3-8-22(20)27-23-9-4-2-7-21(23)24;/h1-4,6-13H,5,14-17,25H2,(H,26,27);1H. The molecule has 1 aromatic heterocycles. The Morgan fingerprint density at radius 2 is 1.45 bits per heavy atom. The number of halogens is 1. The lowest BCUT2D eigenvalue weighted by atomic mass is 10.1. The fourth-order valence-electron chi connectivity index (χ4n) is 3.42. The lowest BCUT2D eigenvalue weighted by Gasteiger charge is -2.13. The molecule has 150 valence electrons. The molecule has 29 heavy (non-hydrogen) atoms. The van der Waals surface area contributed by atoms with Crippen LogP contribution in [0, 0.1) is 0 Å². The Hall–Kier alpha value is -2.82. The van der Waals surface area contributed by atoms with E-state index >= 15 is 0 Å². The fraction of sp³-hybridized carbons (Fsp3) is 0.208. The summed E-state index contributed by atoms with van der Waals surface area (Å²) in [4.78, 5) is 4.77. The summed E-state index contributed by atoms with van der Waals surface area (Å²) >= 11 is 0. The van der Waals surface area contributed by atoms with Crippen LogP contribution in [-0.4, -0.2) is 24.7 Å². The van der Waals surface area contributed by atoms with Crippen LogP contribution in [0.2, 0.25) is 0 Å². The van der Waals surface area contributed by atoms with Crippen molar-refractivity contribution in [3.05, 3.63) is 78.4 Å². The van der Waals surface area contributed by atoms with E-state index in [0.29, 0.717) is 13.2 Å². The molecule has 0 fully saturated rings. The minimum absolute atomic E-state index is 0. The Balaban J connectivity index is 0.00000240. The van der Waals surface area contributed by atoms with Crippen molar-refractivity contribution in [2.24, 2.45) is 5.73 Å². The second kappa shape index (κ2) is 10.1. The van der Waals surface area contributed by atoms with Gasteiger partial charge >= 0.3 is 0 Å². The Bertz CT molecular complexity index is 1010. The molecule has 0 aliphatic heterocycles. The highest BCUT2D eigenvalue weighted by Crippen LogP contribution is 2.30. The Labute approximate surface area is 177 Å². The topological polar surface area (TPSA) is 60.2 Å². The van der Waals surface area contributed by atoms with E-state index in [4.69, 9.17) is 15.5 Å². The van der Waals surface area contributed by atoms with E-state index in [-0.39, 0.29) is 12.4 Å². The zero-order valence-corrected chi connectivity index (χ0v) is 17.1. The molecular formula is C24H26ClN3O. The number of para-hydroxylation sites is 2. The van der Waals surface area contributed by atoms with E-state index in [2.05, 4.69) is 53.8 Å². The zero-order chi connectivity index (χ0) is 19.2. The van der Waals surface area contributed by atoms with Gasteiger partial charge in [0.15, 0.2) is 0 Å². The molecule has 0 spiro atoms. The number of nitrogens with one attached hydrogen (secondary N) is 1. The Kier molecular flexibility index (Phi) is 7.28. The summed E-state index contributed by atoms with van der Waals surface area (Å²) in [5.41, 5.74) is 10.00. The highest BCUT2D eigenvalue weighted by atomic mass is 35.5. The maximum absolute atomic E-state index is 5.87. The van der Waals surface area contributed by atoms with Crippen LogP contribution in [0.1, 0.15) is 12.0 Å². The smallest absolute Gasteiger partial charge is 0.119 e. The van der Waals surface area contributed by atoms with Gasteiger partial charge in [-0.25, -0.2) is 4.98 Å². The van der Waals surface area contributed by atoms with Gasteiger partial charge in [0.25, 0.3) is 0 Å². The van der Waals surface area contributed by atoms with Crippen molar-refractivity contribution in [1.82, 2.24) is 4.98 Å². The van der Waals surface area contributed by atoms with Crippen LogP contribution in [0.5, 0.6) is 5.75 Å². The molecule has 0 radical (unpaired) electrons. The molecule has 0 unspecified atom stereocenters. The number of nitrogens with zero attached hydrogens (tertiary/aromatic N) is 1. The first-order valence-electron chi connectivity index (χ1n) is 9.78. The molecule has 1 heterocycles. The first-order chi connectivity index (χ1) is 13.8. The van der Waals surface area contributed by atoms with E-state index in [1.807, 2.05) is 24.3 Å². The van der Waals surface area contributed by atoms with Crippen LogP contribution in [0.25, 0.3) is 21.8 Å². The second-order valence-corrected chi connectivity index (χ2v) is 6.83. The van der Waals surface area contributed by atoms with Crippen LogP contribution < -0.4 is 15.8 Å². The van der Waals surface area contributed by atoms with Crippen molar-refractivity contribution < 1.29 is 4.74 Å². The maximum atomic E-state index is 5.87. The van der Waals surface area contributed by atoms with Crippen molar-refractivity contribution in [2.75, 3.05) is 25.0 Å². The predicted octanol–water partition coefficient (Wildman–Crippen LogP) is 5.19.